The summed E-state index contributed by atoms with van der Waals surface area (Å²) in [4.78, 5) is 2.16. The fourth-order valence-electron chi connectivity index (χ4n) is 1.99. The number of hydrogen-bond acceptors (Lipinski definition) is 2. The zero-order valence-corrected chi connectivity index (χ0v) is 12.6. The molecule has 2 aromatic carbocycles. The summed E-state index contributed by atoms with van der Waals surface area (Å²) in [6.45, 7) is 1.54. The van der Waals surface area contributed by atoms with E-state index in [9.17, 15) is 0 Å². The lowest BCUT2D eigenvalue weighted by Crippen LogP contribution is -2.17. The molecule has 0 radical (unpaired) electrons. The number of nitrogens with zero attached hydrogens (tertiary/aromatic N) is 2. The Kier molecular flexibility index (Phi) is 5.03. The summed E-state index contributed by atoms with van der Waals surface area (Å²) in [6, 6.07) is 15.3. The second-order valence-electron chi connectivity index (χ2n) is 4.72. The molecule has 0 unspecified atom stereocenters. The van der Waals surface area contributed by atoms with Gasteiger partial charge in [0.15, 0.2) is 0 Å². The quantitative estimate of drug-likeness (QED) is 0.831. The number of benzene rings is 2. The molecule has 0 aromatic heterocycles. The molecule has 0 aliphatic heterocycles. The highest BCUT2D eigenvalue weighted by atomic mass is 35.5. The first kappa shape index (κ1) is 14.9. The Balaban J connectivity index is 2.01. The van der Waals surface area contributed by atoms with Crippen LogP contribution in [-0.2, 0) is 13.1 Å². The normalized spacial score (nSPS) is 10.6. The zero-order valence-electron chi connectivity index (χ0n) is 11.1. The highest BCUT2D eigenvalue weighted by Gasteiger charge is 2.06. The predicted octanol–water partition coefficient (Wildman–Crippen LogP) is 4.50. The maximum Gasteiger partial charge on any atom is 0.0991 e. The van der Waals surface area contributed by atoms with Crippen molar-refractivity contribution in [3.63, 3.8) is 0 Å². The zero-order chi connectivity index (χ0) is 14.5. The van der Waals surface area contributed by atoms with E-state index in [0.717, 1.165) is 24.2 Å². The van der Waals surface area contributed by atoms with Gasteiger partial charge in [0.25, 0.3) is 0 Å². The average molecular weight is 305 g/mol. The minimum absolute atomic E-state index is 0.647. The molecule has 0 amide bonds. The van der Waals surface area contributed by atoms with Crippen molar-refractivity contribution < 1.29 is 0 Å². The van der Waals surface area contributed by atoms with Gasteiger partial charge in [-0.05, 0) is 42.4 Å². The van der Waals surface area contributed by atoms with E-state index in [4.69, 9.17) is 28.5 Å². The Morgan fingerprint density at radius 2 is 1.75 bits per heavy atom. The average Bonchev–Trinajstić information content (AvgIpc) is 2.43. The van der Waals surface area contributed by atoms with Crippen LogP contribution in [0.4, 0.5) is 0 Å². The maximum absolute atomic E-state index is 8.77. The van der Waals surface area contributed by atoms with Crippen molar-refractivity contribution in [1.29, 1.82) is 5.26 Å². The number of hydrogen-bond donors (Lipinski definition) is 0. The third-order valence-corrected chi connectivity index (χ3v) is 3.58. The van der Waals surface area contributed by atoms with Crippen molar-refractivity contribution in [2.24, 2.45) is 0 Å². The van der Waals surface area contributed by atoms with Crippen LogP contribution in [0.1, 0.15) is 16.7 Å². The molecule has 0 bridgehead atoms. The van der Waals surface area contributed by atoms with Crippen LogP contribution in [0.5, 0.6) is 0 Å². The molecule has 0 aliphatic rings. The molecule has 0 heterocycles. The Morgan fingerprint density at radius 1 is 1.05 bits per heavy atom. The van der Waals surface area contributed by atoms with Gasteiger partial charge < -0.3 is 0 Å². The third-order valence-electron chi connectivity index (χ3n) is 2.99. The Morgan fingerprint density at radius 3 is 2.35 bits per heavy atom. The summed E-state index contributed by atoms with van der Waals surface area (Å²) in [5.41, 5.74) is 2.89. The van der Waals surface area contributed by atoms with Crippen molar-refractivity contribution in [2.75, 3.05) is 7.05 Å². The van der Waals surface area contributed by atoms with Gasteiger partial charge in [-0.1, -0.05) is 41.4 Å². The third kappa shape index (κ3) is 3.98. The van der Waals surface area contributed by atoms with E-state index >= 15 is 0 Å². The molecular formula is C16H14Cl2N2. The highest BCUT2D eigenvalue weighted by Crippen LogP contribution is 2.22. The van der Waals surface area contributed by atoms with Crippen molar-refractivity contribution in [2.45, 2.75) is 13.1 Å². The molecule has 2 aromatic rings. The van der Waals surface area contributed by atoms with Crippen molar-refractivity contribution in [1.82, 2.24) is 4.90 Å². The number of nitriles is 1. The molecule has 0 N–H and O–H groups in total. The van der Waals surface area contributed by atoms with Crippen molar-refractivity contribution in [3.8, 4) is 6.07 Å². The van der Waals surface area contributed by atoms with Gasteiger partial charge in [-0.25, -0.2) is 0 Å². The lowest BCUT2D eigenvalue weighted by molar-refractivity contribution is 0.319. The van der Waals surface area contributed by atoms with Gasteiger partial charge in [0.2, 0.25) is 0 Å². The summed E-state index contributed by atoms with van der Waals surface area (Å²) < 4.78 is 0. The van der Waals surface area contributed by atoms with Crippen LogP contribution in [0.2, 0.25) is 10.0 Å². The Bertz CT molecular complexity index is 630. The molecule has 0 atom stereocenters. The summed E-state index contributed by atoms with van der Waals surface area (Å²) in [5, 5.41) is 10.1. The predicted molar refractivity (Wildman–Crippen MR) is 82.8 cm³/mol. The fraction of sp³-hybridized carbons (Fsp3) is 0.188. The molecule has 20 heavy (non-hydrogen) atoms. The van der Waals surface area contributed by atoms with Crippen molar-refractivity contribution >= 4 is 23.2 Å². The van der Waals surface area contributed by atoms with E-state index in [2.05, 4.69) is 11.0 Å². The van der Waals surface area contributed by atoms with Crippen LogP contribution in [-0.4, -0.2) is 11.9 Å². The van der Waals surface area contributed by atoms with E-state index in [1.54, 1.807) is 6.07 Å². The van der Waals surface area contributed by atoms with Gasteiger partial charge in [0, 0.05) is 23.1 Å². The minimum Gasteiger partial charge on any atom is -0.298 e. The van der Waals surface area contributed by atoms with Crippen LogP contribution < -0.4 is 0 Å². The van der Waals surface area contributed by atoms with E-state index < -0.39 is 0 Å². The fourth-order valence-corrected chi connectivity index (χ4v) is 2.46. The van der Waals surface area contributed by atoms with Crippen molar-refractivity contribution in [3.05, 3.63) is 69.2 Å². The second kappa shape index (κ2) is 6.76. The molecule has 0 saturated heterocycles. The van der Waals surface area contributed by atoms with E-state index in [1.165, 1.54) is 0 Å². The van der Waals surface area contributed by atoms with Gasteiger partial charge in [-0.15, -0.1) is 0 Å². The van der Waals surface area contributed by atoms with Gasteiger partial charge in [-0.3, -0.25) is 4.90 Å². The maximum atomic E-state index is 8.77. The number of rotatable bonds is 4. The van der Waals surface area contributed by atoms with Gasteiger partial charge in [0.1, 0.15) is 0 Å². The van der Waals surface area contributed by atoms with Gasteiger partial charge >= 0.3 is 0 Å². The van der Waals surface area contributed by atoms with E-state index in [0.29, 0.717) is 15.6 Å². The minimum atomic E-state index is 0.647. The molecule has 0 spiro atoms. The van der Waals surface area contributed by atoms with Crippen LogP contribution in [0, 0.1) is 11.3 Å². The molecule has 0 aliphatic carbocycles. The summed E-state index contributed by atoms with van der Waals surface area (Å²) in [6.07, 6.45) is 0. The SMILES string of the molecule is CN(Cc1ccc(C#N)cc1)Cc1ccc(Cl)cc1Cl. The smallest absolute Gasteiger partial charge is 0.0991 e. The Labute approximate surface area is 129 Å². The molecule has 2 nitrogen and oxygen atoms in total. The topological polar surface area (TPSA) is 27.0 Å². The standard InChI is InChI=1S/C16H14Cl2N2/c1-20(10-13-4-2-12(9-19)3-5-13)11-14-6-7-15(17)8-16(14)18/h2-8H,10-11H2,1H3. The molecular weight excluding hydrogens is 291 g/mol. The monoisotopic (exact) mass is 304 g/mol. The lowest BCUT2D eigenvalue weighted by atomic mass is 10.1. The first-order chi connectivity index (χ1) is 9.58. The van der Waals surface area contributed by atoms with Gasteiger partial charge in [-0.2, -0.15) is 5.26 Å². The van der Waals surface area contributed by atoms with Crippen LogP contribution in [0.15, 0.2) is 42.5 Å². The van der Waals surface area contributed by atoms with Gasteiger partial charge in [0.05, 0.1) is 11.6 Å². The largest absolute Gasteiger partial charge is 0.298 e. The molecule has 4 heteroatoms. The van der Waals surface area contributed by atoms with E-state index in [1.807, 2.05) is 43.4 Å². The molecule has 0 saturated carbocycles. The molecule has 2 rings (SSSR count). The van der Waals surface area contributed by atoms with E-state index in [-0.39, 0.29) is 0 Å². The van der Waals surface area contributed by atoms with Crippen LogP contribution in [0.3, 0.4) is 0 Å². The first-order valence-electron chi connectivity index (χ1n) is 6.20. The summed E-state index contributed by atoms with van der Waals surface area (Å²) in [7, 11) is 2.03. The van der Waals surface area contributed by atoms with Crippen LogP contribution in [0.25, 0.3) is 0 Å². The Hall–Kier alpha value is -1.53. The second-order valence-corrected chi connectivity index (χ2v) is 5.56. The van der Waals surface area contributed by atoms with Crippen LogP contribution >= 0.6 is 23.2 Å². The highest BCUT2D eigenvalue weighted by molar-refractivity contribution is 6.35. The molecule has 102 valence electrons. The summed E-state index contributed by atoms with van der Waals surface area (Å²) in [5.74, 6) is 0. The number of halogens is 2. The first-order valence-corrected chi connectivity index (χ1v) is 6.95. The summed E-state index contributed by atoms with van der Waals surface area (Å²) >= 11 is 12.1. The molecule has 0 fully saturated rings. The lowest BCUT2D eigenvalue weighted by Gasteiger charge is -2.17.